The molecule has 3 heteroatoms. The number of hydrazine groups is 1. The van der Waals surface area contributed by atoms with Crippen molar-refractivity contribution in [3.63, 3.8) is 0 Å². The first-order chi connectivity index (χ1) is 7.86. The van der Waals surface area contributed by atoms with Gasteiger partial charge in [-0.25, -0.2) is 5.01 Å². The van der Waals surface area contributed by atoms with Crippen molar-refractivity contribution >= 4 is 5.91 Å². The number of carbonyl (C=O) groups is 1. The molecule has 0 radical (unpaired) electrons. The Morgan fingerprint density at radius 2 is 1.81 bits per heavy atom. The number of fused-ring (bicyclic) bond motifs is 1. The summed E-state index contributed by atoms with van der Waals surface area (Å²) >= 11 is 0. The summed E-state index contributed by atoms with van der Waals surface area (Å²) in [5, 5.41) is 4.20. The highest BCUT2D eigenvalue weighted by molar-refractivity contribution is 5.78. The molecule has 0 unspecified atom stereocenters. The van der Waals surface area contributed by atoms with Crippen molar-refractivity contribution in [3.8, 4) is 0 Å². The van der Waals surface area contributed by atoms with Crippen molar-refractivity contribution in [2.45, 2.75) is 25.3 Å². The van der Waals surface area contributed by atoms with Crippen molar-refractivity contribution in [1.82, 2.24) is 10.0 Å². The van der Waals surface area contributed by atoms with Gasteiger partial charge in [0, 0.05) is 19.5 Å². The van der Waals surface area contributed by atoms with Gasteiger partial charge in [0.2, 0.25) is 5.91 Å². The number of hydrogen-bond donors (Lipinski definition) is 0. The first kappa shape index (κ1) is 9.85. The average Bonchev–Trinajstić information content (AvgIpc) is 2.69. The van der Waals surface area contributed by atoms with Gasteiger partial charge in [-0.3, -0.25) is 9.80 Å². The average molecular weight is 216 g/mol. The van der Waals surface area contributed by atoms with E-state index in [1.54, 1.807) is 0 Å². The predicted octanol–water partition coefficient (Wildman–Crippen LogP) is 1.97. The summed E-state index contributed by atoms with van der Waals surface area (Å²) < 4.78 is 0. The maximum atomic E-state index is 11.9. The summed E-state index contributed by atoms with van der Waals surface area (Å²) in [7, 11) is 0. The molecule has 2 aliphatic rings. The molecule has 1 aromatic rings. The quantitative estimate of drug-likeness (QED) is 0.716. The summed E-state index contributed by atoms with van der Waals surface area (Å²) in [5.74, 6) is 0.286. The summed E-state index contributed by atoms with van der Waals surface area (Å²) in [5.41, 5.74) is 1.26. The highest BCUT2D eigenvalue weighted by Gasteiger charge is 2.39. The maximum absolute atomic E-state index is 11.9. The zero-order valence-electron chi connectivity index (χ0n) is 9.30. The summed E-state index contributed by atoms with van der Waals surface area (Å²) in [6.07, 6.45) is 2.99. The number of nitrogens with zero attached hydrogens (tertiary/aromatic N) is 2. The van der Waals surface area contributed by atoms with Crippen LogP contribution in [0.5, 0.6) is 0 Å². The van der Waals surface area contributed by atoms with Crippen molar-refractivity contribution in [2.24, 2.45) is 0 Å². The maximum Gasteiger partial charge on any atom is 0.238 e. The lowest BCUT2D eigenvalue weighted by Crippen LogP contribution is -2.44. The molecule has 0 N–H and O–H groups in total. The summed E-state index contributed by atoms with van der Waals surface area (Å²) in [6.45, 7) is 1.92. The fourth-order valence-corrected chi connectivity index (χ4v) is 2.72. The fourth-order valence-electron chi connectivity index (χ4n) is 2.72. The van der Waals surface area contributed by atoms with Gasteiger partial charge in [0.15, 0.2) is 0 Å². The van der Waals surface area contributed by atoms with Crippen LogP contribution in [0.1, 0.15) is 30.9 Å². The predicted molar refractivity (Wildman–Crippen MR) is 61.5 cm³/mol. The van der Waals surface area contributed by atoms with E-state index in [9.17, 15) is 4.79 Å². The van der Waals surface area contributed by atoms with Crippen LogP contribution in [0.25, 0.3) is 0 Å². The van der Waals surface area contributed by atoms with Gasteiger partial charge in [-0.2, -0.15) is 0 Å². The molecule has 1 atom stereocenters. The van der Waals surface area contributed by atoms with Gasteiger partial charge in [-0.15, -0.1) is 0 Å². The van der Waals surface area contributed by atoms with E-state index in [1.165, 1.54) is 12.0 Å². The van der Waals surface area contributed by atoms with E-state index < -0.39 is 0 Å². The molecule has 1 amide bonds. The van der Waals surface area contributed by atoms with Gasteiger partial charge in [-0.05, 0) is 18.4 Å². The Balaban J connectivity index is 1.89. The number of amides is 1. The molecular weight excluding hydrogens is 200 g/mol. The largest absolute Gasteiger partial charge is 0.275 e. The monoisotopic (exact) mass is 216 g/mol. The minimum atomic E-state index is 0.272. The Labute approximate surface area is 95.6 Å². The highest BCUT2D eigenvalue weighted by Crippen LogP contribution is 2.35. The minimum Gasteiger partial charge on any atom is -0.275 e. The van der Waals surface area contributed by atoms with E-state index in [0.29, 0.717) is 6.42 Å². The molecule has 1 aromatic carbocycles. The Kier molecular flexibility index (Phi) is 2.40. The molecule has 2 saturated heterocycles. The molecule has 84 valence electrons. The van der Waals surface area contributed by atoms with Gasteiger partial charge in [0.05, 0.1) is 6.04 Å². The summed E-state index contributed by atoms with van der Waals surface area (Å²) in [4.78, 5) is 11.9. The van der Waals surface area contributed by atoms with E-state index in [1.807, 2.05) is 23.2 Å². The second kappa shape index (κ2) is 3.91. The molecule has 16 heavy (non-hydrogen) atoms. The van der Waals surface area contributed by atoms with E-state index in [4.69, 9.17) is 0 Å². The molecule has 3 nitrogen and oxygen atoms in total. The van der Waals surface area contributed by atoms with Gasteiger partial charge < -0.3 is 0 Å². The normalized spacial score (nSPS) is 25.9. The lowest BCUT2D eigenvalue weighted by Gasteiger charge is -2.35. The SMILES string of the molecule is O=C1C[C@H](c2ccccc2)N2CCCCN12. The van der Waals surface area contributed by atoms with Crippen LogP contribution in [-0.2, 0) is 4.79 Å². The van der Waals surface area contributed by atoms with Gasteiger partial charge in [0.1, 0.15) is 0 Å². The Morgan fingerprint density at radius 3 is 2.62 bits per heavy atom. The molecule has 0 spiro atoms. The molecule has 0 saturated carbocycles. The molecule has 2 fully saturated rings. The van der Waals surface area contributed by atoms with Gasteiger partial charge >= 0.3 is 0 Å². The number of benzene rings is 1. The zero-order chi connectivity index (χ0) is 11.0. The lowest BCUT2D eigenvalue weighted by atomic mass is 10.0. The van der Waals surface area contributed by atoms with E-state index in [2.05, 4.69) is 17.1 Å². The van der Waals surface area contributed by atoms with Crippen LogP contribution in [0.15, 0.2) is 30.3 Å². The van der Waals surface area contributed by atoms with E-state index >= 15 is 0 Å². The smallest absolute Gasteiger partial charge is 0.238 e. The van der Waals surface area contributed by atoms with Gasteiger partial charge in [0.25, 0.3) is 0 Å². The zero-order valence-corrected chi connectivity index (χ0v) is 9.30. The van der Waals surface area contributed by atoms with E-state index in [0.717, 1.165) is 19.5 Å². The Morgan fingerprint density at radius 1 is 1.06 bits per heavy atom. The fraction of sp³-hybridized carbons (Fsp3) is 0.462. The minimum absolute atomic E-state index is 0.272. The first-order valence-electron chi connectivity index (χ1n) is 5.98. The third-order valence-electron chi connectivity index (χ3n) is 3.52. The molecule has 2 heterocycles. The molecule has 2 aliphatic heterocycles. The van der Waals surface area contributed by atoms with Crippen LogP contribution in [0, 0.1) is 0 Å². The topological polar surface area (TPSA) is 23.6 Å². The van der Waals surface area contributed by atoms with Crippen LogP contribution >= 0.6 is 0 Å². The molecular formula is C13H16N2O. The highest BCUT2D eigenvalue weighted by atomic mass is 16.2. The van der Waals surface area contributed by atoms with Crippen molar-refractivity contribution in [1.29, 1.82) is 0 Å². The van der Waals surface area contributed by atoms with Crippen LogP contribution in [0.3, 0.4) is 0 Å². The first-order valence-corrected chi connectivity index (χ1v) is 5.98. The second-order valence-electron chi connectivity index (χ2n) is 4.52. The number of hydrogen-bond acceptors (Lipinski definition) is 2. The lowest BCUT2D eigenvalue weighted by molar-refractivity contribution is -0.141. The van der Waals surface area contributed by atoms with Crippen molar-refractivity contribution in [2.75, 3.05) is 13.1 Å². The van der Waals surface area contributed by atoms with Gasteiger partial charge in [-0.1, -0.05) is 30.3 Å². The molecule has 3 rings (SSSR count). The third kappa shape index (κ3) is 1.52. The second-order valence-corrected chi connectivity index (χ2v) is 4.52. The van der Waals surface area contributed by atoms with Crippen molar-refractivity contribution in [3.05, 3.63) is 35.9 Å². The van der Waals surface area contributed by atoms with Crippen LogP contribution in [-0.4, -0.2) is 29.0 Å². The molecule has 0 aliphatic carbocycles. The number of carbonyl (C=O) groups excluding carboxylic acids is 1. The van der Waals surface area contributed by atoms with Crippen LogP contribution < -0.4 is 0 Å². The van der Waals surface area contributed by atoms with Crippen LogP contribution in [0.4, 0.5) is 0 Å². The number of rotatable bonds is 1. The summed E-state index contributed by atoms with van der Waals surface area (Å²) in [6, 6.07) is 10.6. The van der Waals surface area contributed by atoms with E-state index in [-0.39, 0.29) is 11.9 Å². The molecule has 0 bridgehead atoms. The standard InChI is InChI=1S/C13H16N2O/c16-13-10-12(11-6-2-1-3-7-11)14-8-4-5-9-15(13)14/h1-3,6-7,12H,4-5,8-10H2/t12-/m1/s1. The third-order valence-corrected chi connectivity index (χ3v) is 3.52. The Bertz CT molecular complexity index is 390. The van der Waals surface area contributed by atoms with Crippen molar-refractivity contribution < 1.29 is 4.79 Å². The molecule has 0 aromatic heterocycles. The Hall–Kier alpha value is -1.35. The van der Waals surface area contributed by atoms with Crippen LogP contribution in [0.2, 0.25) is 0 Å².